The molecule has 6 heteroatoms. The van der Waals surface area contributed by atoms with Crippen LogP contribution < -0.4 is 10.1 Å². The lowest BCUT2D eigenvalue weighted by molar-refractivity contribution is 0.0923. The summed E-state index contributed by atoms with van der Waals surface area (Å²) in [6.07, 6.45) is 3.21. The Labute approximate surface area is 156 Å². The molecule has 1 aliphatic heterocycles. The van der Waals surface area contributed by atoms with Crippen molar-refractivity contribution in [1.82, 2.24) is 9.88 Å². The summed E-state index contributed by atoms with van der Waals surface area (Å²) in [5.41, 5.74) is 1.51. The van der Waals surface area contributed by atoms with Crippen LogP contribution in [0.3, 0.4) is 0 Å². The molecule has 0 unspecified atom stereocenters. The van der Waals surface area contributed by atoms with Gasteiger partial charge in [-0.1, -0.05) is 18.5 Å². The predicted octanol–water partition coefficient (Wildman–Crippen LogP) is 4.42. The number of furan rings is 1. The minimum absolute atomic E-state index is 0.0452. The molecule has 3 aromatic rings. The fraction of sp³-hybridized carbons (Fsp3) is 0.350. The van der Waals surface area contributed by atoms with Crippen molar-refractivity contribution in [3.05, 3.63) is 53.1 Å². The number of rotatable bonds is 5. The molecule has 0 aliphatic carbocycles. The molecule has 5 nitrogen and oxygen atoms in total. The van der Waals surface area contributed by atoms with Crippen LogP contribution in [0.25, 0.3) is 10.9 Å². The number of nitrogens with one attached hydrogen (secondary N) is 1. The summed E-state index contributed by atoms with van der Waals surface area (Å²) in [5.74, 6) is 1.52. The van der Waals surface area contributed by atoms with Gasteiger partial charge in [0.05, 0.1) is 23.3 Å². The van der Waals surface area contributed by atoms with Crippen molar-refractivity contribution < 1.29 is 13.9 Å². The van der Waals surface area contributed by atoms with E-state index in [2.05, 4.69) is 12.2 Å². The first-order valence-electron chi connectivity index (χ1n) is 8.88. The van der Waals surface area contributed by atoms with E-state index in [0.29, 0.717) is 23.7 Å². The Kier molecular flexibility index (Phi) is 4.41. The number of amides is 1. The summed E-state index contributed by atoms with van der Waals surface area (Å²) in [6.45, 7) is 4.69. The number of nitrogens with zero attached hydrogens (tertiary/aromatic N) is 1. The van der Waals surface area contributed by atoms with E-state index in [1.54, 1.807) is 6.26 Å². The first-order chi connectivity index (χ1) is 12.6. The summed E-state index contributed by atoms with van der Waals surface area (Å²) < 4.78 is 13.4. The van der Waals surface area contributed by atoms with Crippen LogP contribution in [0.4, 0.5) is 0 Å². The van der Waals surface area contributed by atoms with Gasteiger partial charge in [0.2, 0.25) is 0 Å². The Balaban J connectivity index is 1.65. The number of benzene rings is 1. The zero-order valence-corrected chi connectivity index (χ0v) is 15.5. The summed E-state index contributed by atoms with van der Waals surface area (Å²) in [7, 11) is 0. The largest absolute Gasteiger partial charge is 0.486 e. The molecule has 4 rings (SSSR count). The molecule has 0 fully saturated rings. The quantitative estimate of drug-likeness (QED) is 0.721. The topological polar surface area (TPSA) is 56.4 Å². The lowest BCUT2D eigenvalue weighted by atomic mass is 10.2. The second-order valence-corrected chi connectivity index (χ2v) is 7.16. The number of carbonyl (C=O) groups is 1. The van der Waals surface area contributed by atoms with Crippen molar-refractivity contribution in [2.24, 2.45) is 0 Å². The first kappa shape index (κ1) is 17.0. The molecule has 1 aromatic carbocycles. The maximum absolute atomic E-state index is 12.9. The van der Waals surface area contributed by atoms with Crippen LogP contribution in [-0.2, 0) is 13.0 Å². The van der Waals surface area contributed by atoms with Gasteiger partial charge < -0.3 is 19.0 Å². The van der Waals surface area contributed by atoms with Gasteiger partial charge in [0.15, 0.2) is 0 Å². The fourth-order valence-corrected chi connectivity index (χ4v) is 3.71. The number of carbonyl (C=O) groups excluding carboxylic acids is 1. The third-order valence-electron chi connectivity index (χ3n) is 4.80. The number of hydrogen-bond donors (Lipinski definition) is 1. The van der Waals surface area contributed by atoms with Crippen LogP contribution in [0.1, 0.15) is 36.5 Å². The van der Waals surface area contributed by atoms with E-state index in [9.17, 15) is 4.79 Å². The Bertz CT molecular complexity index is 946. The molecule has 0 saturated carbocycles. The monoisotopic (exact) mass is 372 g/mol. The van der Waals surface area contributed by atoms with Crippen molar-refractivity contribution >= 4 is 28.4 Å². The van der Waals surface area contributed by atoms with Gasteiger partial charge in [-0.05, 0) is 43.7 Å². The molecule has 0 saturated heterocycles. The van der Waals surface area contributed by atoms with E-state index in [0.717, 1.165) is 28.8 Å². The zero-order valence-electron chi connectivity index (χ0n) is 14.8. The van der Waals surface area contributed by atoms with Crippen LogP contribution in [-0.4, -0.2) is 22.6 Å². The second-order valence-electron chi connectivity index (χ2n) is 6.75. The first-order valence-corrected chi connectivity index (χ1v) is 9.26. The van der Waals surface area contributed by atoms with Crippen LogP contribution in [0.15, 0.2) is 41.0 Å². The van der Waals surface area contributed by atoms with Crippen molar-refractivity contribution in [2.45, 2.75) is 45.4 Å². The van der Waals surface area contributed by atoms with Crippen LogP contribution in [0, 0.1) is 0 Å². The minimum Gasteiger partial charge on any atom is -0.486 e. The average molecular weight is 373 g/mol. The van der Waals surface area contributed by atoms with Gasteiger partial charge in [-0.25, -0.2) is 0 Å². The molecule has 0 spiro atoms. The van der Waals surface area contributed by atoms with Crippen molar-refractivity contribution in [1.29, 1.82) is 0 Å². The highest BCUT2D eigenvalue weighted by molar-refractivity contribution is 6.36. The SMILES string of the molecule is CC[C@@H]1Cn2c(C(=O)N[C@@H](C)Cc3ccco3)cc3c(Cl)ccc(c32)O1. The Morgan fingerprint density at radius 1 is 1.42 bits per heavy atom. The van der Waals surface area contributed by atoms with Crippen molar-refractivity contribution in [3.63, 3.8) is 0 Å². The maximum Gasteiger partial charge on any atom is 0.268 e. The molecule has 1 N–H and O–H groups in total. The van der Waals surface area contributed by atoms with Gasteiger partial charge in [-0.2, -0.15) is 0 Å². The molecule has 2 atom stereocenters. The van der Waals surface area contributed by atoms with E-state index in [-0.39, 0.29) is 18.1 Å². The molecular formula is C20H21ClN2O3. The number of ether oxygens (including phenoxy) is 1. The minimum atomic E-state index is -0.112. The third-order valence-corrected chi connectivity index (χ3v) is 5.13. The lowest BCUT2D eigenvalue weighted by Crippen LogP contribution is -2.36. The van der Waals surface area contributed by atoms with Gasteiger partial charge in [-0.15, -0.1) is 0 Å². The van der Waals surface area contributed by atoms with E-state index >= 15 is 0 Å². The Morgan fingerprint density at radius 2 is 2.27 bits per heavy atom. The molecule has 1 aliphatic rings. The lowest BCUT2D eigenvalue weighted by Gasteiger charge is -2.26. The smallest absolute Gasteiger partial charge is 0.268 e. The average Bonchev–Trinajstić information content (AvgIpc) is 3.26. The normalized spacial score (nSPS) is 17.1. The Morgan fingerprint density at radius 3 is 3.00 bits per heavy atom. The van der Waals surface area contributed by atoms with Gasteiger partial charge >= 0.3 is 0 Å². The summed E-state index contributed by atoms with van der Waals surface area (Å²) in [5, 5.41) is 4.54. The van der Waals surface area contributed by atoms with Crippen LogP contribution >= 0.6 is 11.6 Å². The summed E-state index contributed by atoms with van der Waals surface area (Å²) in [6, 6.07) is 9.27. The molecular weight excluding hydrogens is 352 g/mol. The van der Waals surface area contributed by atoms with E-state index in [4.69, 9.17) is 20.8 Å². The van der Waals surface area contributed by atoms with Gasteiger partial charge in [0.1, 0.15) is 23.3 Å². The molecule has 1 amide bonds. The van der Waals surface area contributed by atoms with E-state index in [1.807, 2.05) is 41.8 Å². The summed E-state index contributed by atoms with van der Waals surface area (Å²) >= 11 is 6.36. The van der Waals surface area contributed by atoms with Gasteiger partial charge in [-0.3, -0.25) is 4.79 Å². The summed E-state index contributed by atoms with van der Waals surface area (Å²) in [4.78, 5) is 12.9. The molecule has 136 valence electrons. The predicted molar refractivity (Wildman–Crippen MR) is 101 cm³/mol. The Hall–Kier alpha value is -2.40. The van der Waals surface area contributed by atoms with Gasteiger partial charge in [0.25, 0.3) is 5.91 Å². The molecule has 0 radical (unpaired) electrons. The van der Waals surface area contributed by atoms with Crippen LogP contribution in [0.5, 0.6) is 5.75 Å². The number of aromatic nitrogens is 1. The van der Waals surface area contributed by atoms with Crippen LogP contribution in [0.2, 0.25) is 5.02 Å². The highest BCUT2D eigenvalue weighted by Gasteiger charge is 2.27. The molecule has 26 heavy (non-hydrogen) atoms. The third kappa shape index (κ3) is 2.97. The molecule has 3 heterocycles. The standard InChI is InChI=1S/C20H21ClN2O3/c1-3-13-11-23-17(10-15-16(21)6-7-18(26-13)19(15)23)20(24)22-12(2)9-14-5-4-8-25-14/h4-8,10,12-13H,3,9,11H2,1-2H3,(H,22,24)/t12-,13+/m0/s1. The molecule has 2 aromatic heterocycles. The van der Waals surface area contributed by atoms with Crippen molar-refractivity contribution in [2.75, 3.05) is 0 Å². The number of halogens is 1. The highest BCUT2D eigenvalue weighted by atomic mass is 35.5. The second kappa shape index (κ2) is 6.72. The molecule has 0 bridgehead atoms. The van der Waals surface area contributed by atoms with Crippen molar-refractivity contribution in [3.8, 4) is 5.75 Å². The number of hydrogen-bond acceptors (Lipinski definition) is 3. The zero-order chi connectivity index (χ0) is 18.3. The van der Waals surface area contributed by atoms with Gasteiger partial charge in [0, 0.05) is 17.8 Å². The highest BCUT2D eigenvalue weighted by Crippen LogP contribution is 2.38. The fourth-order valence-electron chi connectivity index (χ4n) is 3.50. The maximum atomic E-state index is 12.9. The van der Waals surface area contributed by atoms with E-state index in [1.165, 1.54) is 0 Å². The van der Waals surface area contributed by atoms with E-state index < -0.39 is 0 Å².